The Labute approximate surface area is 286 Å². The molecule has 15 heteroatoms. The summed E-state index contributed by atoms with van der Waals surface area (Å²) in [5.41, 5.74) is 5.61. The highest BCUT2D eigenvalue weighted by Crippen LogP contribution is 2.52. The molecule has 0 bridgehead atoms. The predicted molar refractivity (Wildman–Crippen MR) is 176 cm³/mol. The highest BCUT2D eigenvalue weighted by Gasteiger charge is 2.49. The number of fused-ring (bicyclic) bond motifs is 3. The number of benzene rings is 3. The number of phenolic OH excluding ortho intramolecular Hbond substituents is 3. The average Bonchev–Trinajstić information content (AvgIpc) is 3.06. The molecule has 14 nitrogen and oxygen atoms in total. The topological polar surface area (TPSA) is 230 Å². The fraction of sp³-hybridized carbons (Fsp3) is 0.353. The van der Waals surface area contributed by atoms with Crippen LogP contribution in [0.5, 0.6) is 23.0 Å². The molecule has 0 radical (unpaired) electrons. The predicted octanol–water partition coefficient (Wildman–Crippen LogP) is 2.37. The van der Waals surface area contributed by atoms with E-state index in [-0.39, 0.29) is 70.3 Å². The van der Waals surface area contributed by atoms with Crippen molar-refractivity contribution < 1.29 is 54.1 Å². The Morgan fingerprint density at radius 2 is 1.71 bits per heavy atom. The third kappa shape index (κ3) is 6.11. The van der Waals surface area contributed by atoms with E-state index in [9.17, 15) is 39.9 Å². The molecule has 260 valence electrons. The van der Waals surface area contributed by atoms with E-state index in [0.29, 0.717) is 0 Å². The highest BCUT2D eigenvalue weighted by atomic mass is 35.5. The summed E-state index contributed by atoms with van der Waals surface area (Å²) in [6.45, 7) is 3.05. The van der Waals surface area contributed by atoms with Crippen LogP contribution >= 0.6 is 12.4 Å². The number of hydrogen-bond acceptors (Lipinski definition) is 13. The quantitative estimate of drug-likeness (QED) is 0.0875. The molecule has 3 aromatic rings. The van der Waals surface area contributed by atoms with Gasteiger partial charge < -0.3 is 45.5 Å². The van der Waals surface area contributed by atoms with E-state index in [2.05, 4.69) is 10.5 Å². The first-order chi connectivity index (χ1) is 22.7. The van der Waals surface area contributed by atoms with Crippen molar-refractivity contribution in [2.45, 2.75) is 69.4 Å². The van der Waals surface area contributed by atoms with Crippen LogP contribution < -0.4 is 15.9 Å². The summed E-state index contributed by atoms with van der Waals surface area (Å²) in [6, 6.07) is 9.12. The van der Waals surface area contributed by atoms with Crippen LogP contribution in [0, 0.1) is 0 Å². The molecule has 0 aromatic heterocycles. The second kappa shape index (κ2) is 13.4. The SMILES string of the molecule is COc1cccc2c1C(=O)c1c(O)c3c(c(O)c1C2=O)C[C@@](O)(/C(C)=N/NC(=O)c1ccc(O)cc1)C[C@@H]3O[C@H]1C[C@H](N)[C@H](O)[C@H](C)O1.Cl. The van der Waals surface area contributed by atoms with Gasteiger partial charge in [0, 0.05) is 47.6 Å². The van der Waals surface area contributed by atoms with Gasteiger partial charge in [0.15, 0.2) is 12.1 Å². The van der Waals surface area contributed by atoms with E-state index in [1.807, 2.05) is 0 Å². The van der Waals surface area contributed by atoms with Crippen molar-refractivity contribution in [1.29, 1.82) is 0 Å². The summed E-state index contributed by atoms with van der Waals surface area (Å²) < 4.78 is 17.4. The summed E-state index contributed by atoms with van der Waals surface area (Å²) >= 11 is 0. The Morgan fingerprint density at radius 3 is 2.37 bits per heavy atom. The summed E-state index contributed by atoms with van der Waals surface area (Å²) in [6.07, 6.45) is -4.68. The van der Waals surface area contributed by atoms with Gasteiger partial charge in [-0.2, -0.15) is 5.10 Å². The minimum absolute atomic E-state index is 0. The van der Waals surface area contributed by atoms with Crippen molar-refractivity contribution in [3.05, 3.63) is 81.4 Å². The summed E-state index contributed by atoms with van der Waals surface area (Å²) in [4.78, 5) is 40.4. The number of halogens is 1. The summed E-state index contributed by atoms with van der Waals surface area (Å²) in [7, 11) is 1.33. The number of hydrogen-bond donors (Lipinski definition) is 7. The van der Waals surface area contributed by atoms with Crippen LogP contribution in [0.3, 0.4) is 0 Å². The molecule has 0 unspecified atom stereocenters. The second-order valence-electron chi connectivity index (χ2n) is 12.3. The second-order valence-corrected chi connectivity index (χ2v) is 12.3. The molecule has 8 N–H and O–H groups in total. The molecule has 3 aliphatic rings. The molecular formula is C34H36ClN3O11. The lowest BCUT2D eigenvalue weighted by Crippen LogP contribution is -2.52. The van der Waals surface area contributed by atoms with Crippen LogP contribution in [0.15, 0.2) is 47.6 Å². The molecule has 49 heavy (non-hydrogen) atoms. The Bertz CT molecular complexity index is 1850. The fourth-order valence-corrected chi connectivity index (χ4v) is 6.58. The fourth-order valence-electron chi connectivity index (χ4n) is 6.58. The minimum Gasteiger partial charge on any atom is -0.508 e. The maximum Gasteiger partial charge on any atom is 0.271 e. The van der Waals surface area contributed by atoms with Crippen molar-refractivity contribution in [2.75, 3.05) is 7.11 Å². The summed E-state index contributed by atoms with van der Waals surface area (Å²) in [5.74, 6) is -3.32. The van der Waals surface area contributed by atoms with E-state index < -0.39 is 82.8 Å². The zero-order valence-corrected chi connectivity index (χ0v) is 27.5. The normalized spacial score (nSPS) is 26.2. The Morgan fingerprint density at radius 1 is 1.04 bits per heavy atom. The van der Waals surface area contributed by atoms with Gasteiger partial charge in [-0.05, 0) is 44.2 Å². The first-order valence-corrected chi connectivity index (χ1v) is 15.2. The zero-order chi connectivity index (χ0) is 34.7. The van der Waals surface area contributed by atoms with Crippen LogP contribution in [-0.4, -0.2) is 86.0 Å². The van der Waals surface area contributed by atoms with Gasteiger partial charge in [-0.25, -0.2) is 5.43 Å². The van der Waals surface area contributed by atoms with Crippen LogP contribution in [0.25, 0.3) is 0 Å². The number of ether oxygens (including phenoxy) is 3. The Hall–Kier alpha value is -4.57. The van der Waals surface area contributed by atoms with Gasteiger partial charge in [0.05, 0.1) is 47.8 Å². The minimum atomic E-state index is -1.93. The van der Waals surface area contributed by atoms with Gasteiger partial charge in [-0.3, -0.25) is 14.4 Å². The van der Waals surface area contributed by atoms with Crippen LogP contribution in [0.4, 0.5) is 0 Å². The molecule has 2 aliphatic carbocycles. The van der Waals surface area contributed by atoms with Gasteiger partial charge in [-0.1, -0.05) is 12.1 Å². The van der Waals surface area contributed by atoms with E-state index >= 15 is 0 Å². The number of methoxy groups -OCH3 is 1. The van der Waals surface area contributed by atoms with Gasteiger partial charge >= 0.3 is 0 Å². The van der Waals surface area contributed by atoms with Gasteiger partial charge in [-0.15, -0.1) is 12.4 Å². The van der Waals surface area contributed by atoms with Crippen LogP contribution in [-0.2, 0) is 15.9 Å². The molecule has 0 spiro atoms. The lowest BCUT2D eigenvalue weighted by atomic mass is 9.71. The third-order valence-electron chi connectivity index (χ3n) is 9.27. The van der Waals surface area contributed by atoms with Crippen LogP contribution in [0.1, 0.15) is 86.1 Å². The van der Waals surface area contributed by atoms with E-state index in [1.54, 1.807) is 6.92 Å². The molecule has 1 heterocycles. The number of rotatable bonds is 6. The number of nitrogens with zero attached hydrogens (tertiary/aromatic N) is 1. The van der Waals surface area contributed by atoms with Crippen molar-refractivity contribution in [1.82, 2.24) is 5.43 Å². The van der Waals surface area contributed by atoms with Crippen LogP contribution in [0.2, 0.25) is 0 Å². The van der Waals surface area contributed by atoms with E-state index in [0.717, 1.165) is 0 Å². The third-order valence-corrected chi connectivity index (χ3v) is 9.27. The first-order valence-electron chi connectivity index (χ1n) is 15.2. The van der Waals surface area contributed by atoms with Crippen molar-refractivity contribution in [3.8, 4) is 23.0 Å². The summed E-state index contributed by atoms with van der Waals surface area (Å²) in [5, 5.41) is 59.5. The zero-order valence-electron chi connectivity index (χ0n) is 26.7. The lowest BCUT2D eigenvalue weighted by Gasteiger charge is -2.42. The Kier molecular flexibility index (Phi) is 9.76. The molecular weight excluding hydrogens is 662 g/mol. The number of hydrazone groups is 1. The number of carbonyl (C=O) groups excluding carboxylic acids is 3. The average molecular weight is 698 g/mol. The van der Waals surface area contributed by atoms with E-state index in [1.165, 1.54) is 56.5 Å². The lowest BCUT2D eigenvalue weighted by molar-refractivity contribution is -0.245. The molecule has 0 saturated carbocycles. The smallest absolute Gasteiger partial charge is 0.271 e. The molecule has 1 fully saturated rings. The number of ketones is 2. The molecule has 1 aliphatic heterocycles. The van der Waals surface area contributed by atoms with Gasteiger partial charge in [0.2, 0.25) is 5.78 Å². The van der Waals surface area contributed by atoms with Crippen molar-refractivity contribution in [2.24, 2.45) is 10.8 Å². The maximum atomic E-state index is 13.9. The standard InChI is InChI=1S/C34H35N3O11.ClH/c1-14-28(39)20(35)11-23(47-14)48-22-13-34(45,15(2)36-37-33(44)16-7-9-17(38)10-8-16)12-19-25(22)32(43)27-26(30(19)41)29(40)18-5-4-6-21(46-3)24(18)31(27)42;/h4-10,14,20,22-23,28,38-39,41,43,45H,11-13,35H2,1-3H3,(H,37,44);1H/b36-15+;/t14-,20-,22-,23-,28+,34-;/m0./s1. The van der Waals surface area contributed by atoms with Crippen molar-refractivity contribution >= 4 is 35.6 Å². The number of aliphatic hydroxyl groups is 2. The number of aliphatic hydroxyl groups excluding tert-OH is 1. The number of carbonyl (C=O) groups is 3. The monoisotopic (exact) mass is 697 g/mol. The largest absolute Gasteiger partial charge is 0.508 e. The molecule has 1 amide bonds. The van der Waals surface area contributed by atoms with Crippen molar-refractivity contribution in [3.63, 3.8) is 0 Å². The molecule has 6 rings (SSSR count). The number of nitrogens with one attached hydrogen (secondary N) is 1. The number of aromatic hydroxyl groups is 3. The van der Waals surface area contributed by atoms with Gasteiger partial charge in [0.25, 0.3) is 5.91 Å². The number of amides is 1. The van der Waals surface area contributed by atoms with E-state index in [4.69, 9.17) is 19.9 Å². The Balaban J connectivity index is 0.00000468. The number of nitrogens with two attached hydrogens (primary N) is 1. The molecule has 1 saturated heterocycles. The molecule has 6 atom stereocenters. The van der Waals surface area contributed by atoms with Gasteiger partial charge in [0.1, 0.15) is 28.6 Å². The molecule has 3 aromatic carbocycles. The highest BCUT2D eigenvalue weighted by molar-refractivity contribution is 6.31. The first kappa shape index (κ1) is 35.7. The maximum absolute atomic E-state index is 13.9. The number of phenols is 3.